The van der Waals surface area contributed by atoms with Crippen molar-refractivity contribution in [2.75, 3.05) is 5.32 Å². The van der Waals surface area contributed by atoms with E-state index in [-0.39, 0.29) is 10.9 Å². The molecule has 128 valence electrons. The Morgan fingerprint density at radius 1 is 1.17 bits per heavy atom. The molecule has 0 aliphatic carbocycles. The first-order chi connectivity index (χ1) is 11.3. The van der Waals surface area contributed by atoms with E-state index in [0.29, 0.717) is 0 Å². The molecule has 5 nitrogen and oxygen atoms in total. The second-order valence-electron chi connectivity index (χ2n) is 4.84. The zero-order chi connectivity index (χ0) is 17.7. The second-order valence-corrected chi connectivity index (χ2v) is 7.62. The van der Waals surface area contributed by atoms with Gasteiger partial charge in [0.05, 0.1) is 6.26 Å². The van der Waals surface area contributed by atoms with E-state index in [0.717, 1.165) is 11.3 Å². The first-order valence-corrected chi connectivity index (χ1v) is 8.36. The fraction of sp³-hybridized carbons (Fsp3) is 0.200. The molecular weight excluding hydrogens is 393 g/mol. The normalized spacial score (nSPS) is 12.3. The standard InChI is InChI=1S/C15H14Cl3N3O2S/c1-9-5-2-3-6-10(9)19-14(24)21-13(15(16,17)18)20-12(22)11-7-4-8-23-11/h2-8,13H,1H3,(H,20,22)(H2,19,21,24)/t13-/m1/s1. The molecule has 2 rings (SSSR count). The minimum Gasteiger partial charge on any atom is -0.459 e. The van der Waals surface area contributed by atoms with Crippen molar-refractivity contribution in [2.45, 2.75) is 16.9 Å². The average molecular weight is 407 g/mol. The zero-order valence-electron chi connectivity index (χ0n) is 12.5. The Morgan fingerprint density at radius 3 is 2.46 bits per heavy atom. The molecule has 0 saturated heterocycles. The van der Waals surface area contributed by atoms with Crippen LogP contribution in [0.1, 0.15) is 16.1 Å². The molecule has 24 heavy (non-hydrogen) atoms. The van der Waals surface area contributed by atoms with Crippen molar-refractivity contribution >= 4 is 63.7 Å². The summed E-state index contributed by atoms with van der Waals surface area (Å²) in [6.45, 7) is 1.93. The molecule has 2 aromatic rings. The molecule has 0 bridgehead atoms. The van der Waals surface area contributed by atoms with E-state index < -0.39 is 15.9 Å². The Labute approximate surface area is 159 Å². The Balaban J connectivity index is 2.05. The Kier molecular flexibility index (Phi) is 6.34. The van der Waals surface area contributed by atoms with Gasteiger partial charge in [0.25, 0.3) is 5.91 Å². The molecule has 1 heterocycles. The van der Waals surface area contributed by atoms with Gasteiger partial charge < -0.3 is 20.4 Å². The lowest BCUT2D eigenvalue weighted by molar-refractivity contribution is 0.0906. The van der Waals surface area contributed by atoms with Gasteiger partial charge in [-0.05, 0) is 42.9 Å². The number of carbonyl (C=O) groups excluding carboxylic acids is 1. The van der Waals surface area contributed by atoms with Gasteiger partial charge in [-0.15, -0.1) is 0 Å². The summed E-state index contributed by atoms with van der Waals surface area (Å²) in [5, 5.41) is 8.49. The Hall–Kier alpha value is -1.47. The summed E-state index contributed by atoms with van der Waals surface area (Å²) in [4.78, 5) is 12.1. The number of carbonyl (C=O) groups is 1. The van der Waals surface area contributed by atoms with Crippen molar-refractivity contribution in [1.29, 1.82) is 0 Å². The zero-order valence-corrected chi connectivity index (χ0v) is 15.6. The van der Waals surface area contributed by atoms with Crippen molar-refractivity contribution in [2.24, 2.45) is 0 Å². The Morgan fingerprint density at radius 2 is 1.88 bits per heavy atom. The predicted octanol–water partition coefficient (Wildman–Crippen LogP) is 4.00. The molecule has 0 aliphatic heterocycles. The van der Waals surface area contributed by atoms with E-state index in [4.69, 9.17) is 51.4 Å². The molecule has 0 fully saturated rings. The molecule has 0 saturated carbocycles. The van der Waals surface area contributed by atoms with Crippen LogP contribution in [-0.4, -0.2) is 21.0 Å². The van der Waals surface area contributed by atoms with Gasteiger partial charge in [-0.1, -0.05) is 53.0 Å². The number of amides is 1. The van der Waals surface area contributed by atoms with E-state index in [1.807, 2.05) is 31.2 Å². The molecule has 0 spiro atoms. The topological polar surface area (TPSA) is 66.3 Å². The summed E-state index contributed by atoms with van der Waals surface area (Å²) in [6.07, 6.45) is 0.306. The lowest BCUT2D eigenvalue weighted by Crippen LogP contribution is -2.56. The van der Waals surface area contributed by atoms with E-state index in [2.05, 4.69) is 16.0 Å². The molecule has 1 atom stereocenters. The van der Waals surface area contributed by atoms with Gasteiger partial charge in [0.15, 0.2) is 10.9 Å². The third kappa shape index (κ3) is 5.27. The number of halogens is 3. The van der Waals surface area contributed by atoms with Gasteiger partial charge in [-0.3, -0.25) is 4.79 Å². The largest absolute Gasteiger partial charge is 0.459 e. The number of para-hydroxylation sites is 1. The minimum atomic E-state index is -1.83. The summed E-state index contributed by atoms with van der Waals surface area (Å²) < 4.78 is 3.17. The van der Waals surface area contributed by atoms with Crippen LogP contribution >= 0.6 is 47.0 Å². The SMILES string of the molecule is Cc1ccccc1NC(=S)N[C@@H](NC(=O)c1ccco1)C(Cl)(Cl)Cl. The van der Waals surface area contributed by atoms with Gasteiger partial charge >= 0.3 is 0 Å². The maximum Gasteiger partial charge on any atom is 0.288 e. The highest BCUT2D eigenvalue weighted by Gasteiger charge is 2.35. The number of hydrogen-bond acceptors (Lipinski definition) is 3. The number of hydrogen-bond donors (Lipinski definition) is 3. The summed E-state index contributed by atoms with van der Waals surface area (Å²) in [5.74, 6) is -0.448. The maximum absolute atomic E-state index is 12.1. The molecule has 0 radical (unpaired) electrons. The first-order valence-electron chi connectivity index (χ1n) is 6.81. The first kappa shape index (κ1) is 18.9. The van der Waals surface area contributed by atoms with Crippen LogP contribution in [0.2, 0.25) is 0 Å². The monoisotopic (exact) mass is 405 g/mol. The number of thiocarbonyl (C=S) groups is 1. The van der Waals surface area contributed by atoms with Crippen LogP contribution in [0.3, 0.4) is 0 Å². The van der Waals surface area contributed by atoms with Crippen LogP contribution < -0.4 is 16.0 Å². The van der Waals surface area contributed by atoms with E-state index >= 15 is 0 Å². The third-order valence-electron chi connectivity index (χ3n) is 3.02. The van der Waals surface area contributed by atoms with Crippen molar-refractivity contribution < 1.29 is 9.21 Å². The molecule has 1 aromatic heterocycles. The molecular formula is C15H14Cl3N3O2S. The molecule has 3 N–H and O–H groups in total. The molecule has 9 heteroatoms. The number of benzene rings is 1. The molecule has 0 unspecified atom stereocenters. The highest BCUT2D eigenvalue weighted by molar-refractivity contribution is 7.80. The van der Waals surface area contributed by atoms with Crippen molar-refractivity contribution in [3.8, 4) is 0 Å². The smallest absolute Gasteiger partial charge is 0.288 e. The van der Waals surface area contributed by atoms with Crippen molar-refractivity contribution in [3.05, 3.63) is 54.0 Å². The summed E-state index contributed by atoms with van der Waals surface area (Å²) in [5.41, 5.74) is 1.79. The van der Waals surface area contributed by atoms with Gasteiger partial charge in [-0.25, -0.2) is 0 Å². The van der Waals surface area contributed by atoms with Gasteiger partial charge in [0.2, 0.25) is 3.79 Å². The predicted molar refractivity (Wildman–Crippen MR) is 101 cm³/mol. The number of furan rings is 1. The molecule has 1 aromatic carbocycles. The third-order valence-corrected chi connectivity index (χ3v) is 3.89. The number of nitrogens with one attached hydrogen (secondary N) is 3. The van der Waals surface area contributed by atoms with Gasteiger partial charge in [-0.2, -0.15) is 0 Å². The number of anilines is 1. The number of alkyl halides is 3. The van der Waals surface area contributed by atoms with Crippen LogP contribution in [0.25, 0.3) is 0 Å². The maximum atomic E-state index is 12.1. The van der Waals surface area contributed by atoms with E-state index in [1.165, 1.54) is 12.3 Å². The molecule has 0 aliphatic rings. The number of rotatable bonds is 4. The van der Waals surface area contributed by atoms with Crippen LogP contribution in [-0.2, 0) is 0 Å². The van der Waals surface area contributed by atoms with Crippen LogP contribution in [0, 0.1) is 6.92 Å². The lowest BCUT2D eigenvalue weighted by Gasteiger charge is -2.27. The van der Waals surface area contributed by atoms with Gasteiger partial charge in [0, 0.05) is 5.69 Å². The summed E-state index contributed by atoms with van der Waals surface area (Å²) in [6, 6.07) is 10.6. The molecule has 1 amide bonds. The lowest BCUT2D eigenvalue weighted by atomic mass is 10.2. The van der Waals surface area contributed by atoms with Crippen molar-refractivity contribution in [1.82, 2.24) is 10.6 Å². The van der Waals surface area contributed by atoms with Gasteiger partial charge in [0.1, 0.15) is 6.17 Å². The highest BCUT2D eigenvalue weighted by Crippen LogP contribution is 2.29. The minimum absolute atomic E-state index is 0.0915. The highest BCUT2D eigenvalue weighted by atomic mass is 35.6. The fourth-order valence-electron chi connectivity index (χ4n) is 1.81. The second kappa shape index (κ2) is 8.07. The van der Waals surface area contributed by atoms with E-state index in [1.54, 1.807) is 6.07 Å². The number of aryl methyl sites for hydroxylation is 1. The van der Waals surface area contributed by atoms with E-state index in [9.17, 15) is 4.79 Å². The summed E-state index contributed by atoms with van der Waals surface area (Å²) >= 11 is 23.0. The fourth-order valence-corrected chi connectivity index (χ4v) is 2.37. The quantitative estimate of drug-likeness (QED) is 0.407. The van der Waals surface area contributed by atoms with Crippen molar-refractivity contribution in [3.63, 3.8) is 0 Å². The summed E-state index contributed by atoms with van der Waals surface area (Å²) in [7, 11) is 0. The average Bonchev–Trinajstić information content (AvgIpc) is 3.02. The Bertz CT molecular complexity index is 717. The van der Waals surface area contributed by atoms with Crippen LogP contribution in [0.15, 0.2) is 47.1 Å². The van der Waals surface area contributed by atoms with Crippen LogP contribution in [0.4, 0.5) is 5.69 Å². The van der Waals surface area contributed by atoms with Crippen LogP contribution in [0.5, 0.6) is 0 Å².